The monoisotopic (exact) mass is 380 g/mol. The first-order valence-corrected chi connectivity index (χ1v) is 9.65. The van der Waals surface area contributed by atoms with Gasteiger partial charge in [-0.1, -0.05) is 13.0 Å². The summed E-state index contributed by atoms with van der Waals surface area (Å²) in [6.45, 7) is 2.24. The highest BCUT2D eigenvalue weighted by Gasteiger charge is 2.33. The number of rotatable bonds is 7. The van der Waals surface area contributed by atoms with Crippen LogP contribution >= 0.6 is 0 Å². The molecule has 1 fully saturated rings. The molecule has 2 heterocycles. The lowest BCUT2D eigenvalue weighted by Gasteiger charge is -2.21. The van der Waals surface area contributed by atoms with Crippen LogP contribution in [0.2, 0.25) is 0 Å². The number of carbonyl (C=O) groups is 3. The molecule has 2 rings (SSSR count). The summed E-state index contributed by atoms with van der Waals surface area (Å²) in [5, 5.41) is 3.14. The largest absolute Gasteiger partial charge is 0.591 e. The molecule has 1 aromatic heterocycles. The Balaban J connectivity index is 1.90. The van der Waals surface area contributed by atoms with Gasteiger partial charge in [0.1, 0.15) is 17.9 Å². The molecule has 3 N–H and O–H groups in total. The zero-order chi connectivity index (χ0) is 19.1. The van der Waals surface area contributed by atoms with Crippen LogP contribution in [0.5, 0.6) is 0 Å². The van der Waals surface area contributed by atoms with E-state index in [2.05, 4.69) is 10.3 Å². The predicted molar refractivity (Wildman–Crippen MR) is 96.0 cm³/mol. The first-order chi connectivity index (χ1) is 12.4. The lowest BCUT2D eigenvalue weighted by atomic mass is 10.0. The number of aromatic nitrogens is 1. The van der Waals surface area contributed by atoms with Crippen molar-refractivity contribution in [3.8, 4) is 0 Å². The lowest BCUT2D eigenvalue weighted by molar-refractivity contribution is -0.128. The van der Waals surface area contributed by atoms with Crippen molar-refractivity contribution in [1.82, 2.24) is 14.6 Å². The van der Waals surface area contributed by atoms with E-state index in [1.54, 1.807) is 35.6 Å². The Labute approximate surface area is 155 Å². The molecule has 9 heteroatoms. The lowest BCUT2D eigenvalue weighted by Crippen LogP contribution is -2.44. The minimum Gasteiger partial charge on any atom is -0.591 e. The van der Waals surface area contributed by atoms with Gasteiger partial charge in [0.05, 0.1) is 6.04 Å². The Kier molecular flexibility index (Phi) is 7.55. The average molecular weight is 380 g/mol. The first kappa shape index (κ1) is 20.3. The second-order valence-corrected chi connectivity index (χ2v) is 7.92. The summed E-state index contributed by atoms with van der Waals surface area (Å²) in [4.78, 5) is 39.5. The van der Waals surface area contributed by atoms with Crippen LogP contribution in [-0.4, -0.2) is 50.6 Å². The summed E-state index contributed by atoms with van der Waals surface area (Å²) in [5.74, 6) is -1.09. The molecule has 0 aromatic carbocycles. The third-order valence-corrected chi connectivity index (χ3v) is 5.47. The molecule has 2 unspecified atom stereocenters. The molecule has 0 aliphatic carbocycles. The highest BCUT2D eigenvalue weighted by molar-refractivity contribution is 7.89. The molecule has 1 aliphatic rings. The topological polar surface area (TPSA) is 128 Å². The van der Waals surface area contributed by atoms with Crippen LogP contribution in [0.3, 0.4) is 0 Å². The van der Waals surface area contributed by atoms with Crippen LogP contribution in [0.1, 0.15) is 32.6 Å². The third kappa shape index (κ3) is 6.08. The van der Waals surface area contributed by atoms with Crippen LogP contribution in [0.25, 0.3) is 0 Å². The van der Waals surface area contributed by atoms with Crippen molar-refractivity contribution in [3.63, 3.8) is 0 Å². The van der Waals surface area contributed by atoms with Crippen LogP contribution in [0, 0.1) is 5.92 Å². The summed E-state index contributed by atoms with van der Waals surface area (Å²) < 4.78 is 14.1. The van der Waals surface area contributed by atoms with Gasteiger partial charge in [0.2, 0.25) is 11.8 Å². The van der Waals surface area contributed by atoms with Crippen molar-refractivity contribution in [2.45, 2.75) is 43.7 Å². The highest BCUT2D eigenvalue weighted by atomic mass is 32.2. The van der Waals surface area contributed by atoms with Crippen LogP contribution in [0.4, 0.5) is 0 Å². The Morgan fingerprint density at radius 3 is 2.88 bits per heavy atom. The fourth-order valence-electron chi connectivity index (χ4n) is 2.86. The molecule has 0 spiro atoms. The van der Waals surface area contributed by atoms with E-state index in [1.807, 2.05) is 0 Å². The van der Waals surface area contributed by atoms with Gasteiger partial charge in [-0.25, -0.2) is 4.98 Å². The molecule has 0 bridgehead atoms. The second-order valence-electron chi connectivity index (χ2n) is 6.49. The molecule has 2 amide bonds. The smallest absolute Gasteiger partial charge is 0.265 e. The van der Waals surface area contributed by atoms with Crippen LogP contribution < -0.4 is 11.1 Å². The normalized spacial score (nSPS) is 20.8. The molecule has 26 heavy (non-hydrogen) atoms. The van der Waals surface area contributed by atoms with E-state index in [0.29, 0.717) is 24.4 Å². The van der Waals surface area contributed by atoms with Gasteiger partial charge < -0.3 is 15.6 Å². The average Bonchev–Trinajstić information content (AvgIpc) is 2.76. The van der Waals surface area contributed by atoms with E-state index in [9.17, 15) is 18.9 Å². The number of amides is 2. The summed E-state index contributed by atoms with van der Waals surface area (Å²) in [6.07, 6.45) is 2.94. The Morgan fingerprint density at radius 1 is 1.46 bits per heavy atom. The molecule has 142 valence electrons. The molecule has 0 saturated carbocycles. The number of Topliss-reactive ketones (excluding diaryl/α,β-unsaturated/α-hetero) is 1. The summed E-state index contributed by atoms with van der Waals surface area (Å²) in [5.41, 5.74) is 5.12. The SMILES string of the molecule is C[C@@H](CC(N)=O)CC(=O)NC1CCCN([S+]([O-])c2ccccn2)CC1=O. The van der Waals surface area contributed by atoms with Crippen LogP contribution in [0.15, 0.2) is 29.4 Å². The summed E-state index contributed by atoms with van der Waals surface area (Å²) >= 11 is -1.51. The predicted octanol–water partition coefficient (Wildman–Crippen LogP) is 0.156. The molecule has 8 nitrogen and oxygen atoms in total. The third-order valence-electron chi connectivity index (χ3n) is 4.09. The highest BCUT2D eigenvalue weighted by Crippen LogP contribution is 2.18. The Morgan fingerprint density at radius 2 is 2.23 bits per heavy atom. The van der Waals surface area contributed by atoms with Gasteiger partial charge in [-0.3, -0.25) is 14.4 Å². The van der Waals surface area contributed by atoms with E-state index in [1.165, 1.54) is 0 Å². The Bertz CT molecular complexity index is 643. The maximum atomic E-state index is 12.6. The number of ketones is 1. The number of carbonyl (C=O) groups excluding carboxylic acids is 3. The van der Waals surface area contributed by atoms with E-state index in [0.717, 1.165) is 0 Å². The van der Waals surface area contributed by atoms with Gasteiger partial charge in [0, 0.05) is 31.6 Å². The fraction of sp³-hybridized carbons (Fsp3) is 0.529. The van der Waals surface area contributed by atoms with Crippen molar-refractivity contribution < 1.29 is 18.9 Å². The zero-order valence-electron chi connectivity index (χ0n) is 14.7. The standard InChI is InChI=1S/C17H24N4O4S/c1-12(9-15(18)23)10-16(24)20-13-5-4-8-21(11-14(13)22)26(25)17-6-2-3-7-19-17/h2-3,6-7,12-13H,4-5,8-11H2,1H3,(H2,18,23)(H,20,24)/t12-,13?,26?/m0/s1. The minimum absolute atomic E-state index is 0.00896. The van der Waals surface area contributed by atoms with Crippen molar-refractivity contribution in [3.05, 3.63) is 24.4 Å². The summed E-state index contributed by atoms with van der Waals surface area (Å²) in [6, 6.07) is 4.54. The second kappa shape index (κ2) is 9.65. The first-order valence-electron chi connectivity index (χ1n) is 8.55. The number of primary amides is 1. The van der Waals surface area contributed by atoms with Crippen molar-refractivity contribution in [2.24, 2.45) is 11.7 Å². The number of nitrogens with zero attached hydrogens (tertiary/aromatic N) is 2. The van der Waals surface area contributed by atoms with Crippen molar-refractivity contribution in [2.75, 3.05) is 13.1 Å². The number of hydrogen-bond donors (Lipinski definition) is 2. The molecule has 3 atom stereocenters. The number of pyridine rings is 1. The van der Waals surface area contributed by atoms with E-state index in [-0.39, 0.29) is 37.0 Å². The van der Waals surface area contributed by atoms with Gasteiger partial charge >= 0.3 is 0 Å². The quantitative estimate of drug-likeness (QED) is 0.648. The number of hydrogen-bond acceptors (Lipinski definition) is 6. The van der Waals surface area contributed by atoms with Crippen molar-refractivity contribution >= 4 is 29.0 Å². The minimum atomic E-state index is -1.51. The maximum absolute atomic E-state index is 12.6. The molecule has 1 aliphatic heterocycles. The zero-order valence-corrected chi connectivity index (χ0v) is 15.5. The van der Waals surface area contributed by atoms with E-state index >= 15 is 0 Å². The Hall–Kier alpha value is -1.97. The van der Waals surface area contributed by atoms with E-state index in [4.69, 9.17) is 5.73 Å². The summed E-state index contributed by atoms with van der Waals surface area (Å²) in [7, 11) is 0. The molecular weight excluding hydrogens is 356 g/mol. The van der Waals surface area contributed by atoms with Gasteiger partial charge in [0.15, 0.2) is 5.78 Å². The van der Waals surface area contributed by atoms with E-state index < -0.39 is 23.3 Å². The molecule has 1 saturated heterocycles. The van der Waals surface area contributed by atoms with Gasteiger partial charge in [-0.05, 0) is 24.8 Å². The van der Waals surface area contributed by atoms with Gasteiger partial charge in [0.25, 0.3) is 5.03 Å². The number of nitrogens with two attached hydrogens (primary N) is 1. The van der Waals surface area contributed by atoms with Crippen LogP contribution in [-0.2, 0) is 25.7 Å². The molecular formula is C17H24N4O4S. The molecule has 0 radical (unpaired) electrons. The van der Waals surface area contributed by atoms with Gasteiger partial charge in [-0.2, -0.15) is 0 Å². The number of nitrogens with one attached hydrogen (secondary N) is 1. The molecule has 1 aromatic rings. The van der Waals surface area contributed by atoms with Gasteiger partial charge in [-0.15, -0.1) is 4.31 Å². The maximum Gasteiger partial charge on any atom is 0.265 e. The fourth-order valence-corrected chi connectivity index (χ4v) is 4.01. The van der Waals surface area contributed by atoms with Crippen molar-refractivity contribution in [1.29, 1.82) is 0 Å².